The van der Waals surface area contributed by atoms with E-state index in [1.165, 1.54) is 0 Å². The fourth-order valence-electron chi connectivity index (χ4n) is 5.01. The average molecular weight is 514 g/mol. The monoisotopic (exact) mass is 513 g/mol. The minimum Gasteiger partial charge on any atom is -0.490 e. The molecule has 6 rings (SSSR count). The van der Waals surface area contributed by atoms with Crippen LogP contribution in [-0.2, 0) is 6.54 Å². The molecule has 0 N–H and O–H groups in total. The van der Waals surface area contributed by atoms with Crippen LogP contribution < -0.4 is 24.4 Å². The van der Waals surface area contributed by atoms with Crippen molar-refractivity contribution in [3.8, 4) is 23.0 Å². The van der Waals surface area contributed by atoms with Crippen LogP contribution in [0, 0.1) is 0 Å². The summed E-state index contributed by atoms with van der Waals surface area (Å²) >= 11 is 0. The van der Waals surface area contributed by atoms with Crippen LogP contribution in [0.2, 0.25) is 0 Å². The van der Waals surface area contributed by atoms with E-state index >= 15 is 0 Å². The molecule has 0 spiro atoms. The summed E-state index contributed by atoms with van der Waals surface area (Å²) in [5.41, 5.74) is 2.04. The normalized spacial score (nSPS) is 15.7. The SMILES string of the molecule is CCCOc1ccc([C@H]2c3c(oc4ccccc4c3=O)C(=O)N2Cc2ccc3c(c2)OCO3)cc1OCC. The van der Waals surface area contributed by atoms with E-state index in [0.29, 0.717) is 52.7 Å². The van der Waals surface area contributed by atoms with Gasteiger partial charge < -0.3 is 28.3 Å². The molecule has 8 nitrogen and oxygen atoms in total. The maximum atomic E-state index is 13.8. The molecule has 8 heteroatoms. The lowest BCUT2D eigenvalue weighted by molar-refractivity contribution is 0.0714. The van der Waals surface area contributed by atoms with Crippen LogP contribution in [0.25, 0.3) is 11.0 Å². The molecule has 1 atom stereocenters. The zero-order valence-electron chi connectivity index (χ0n) is 21.2. The summed E-state index contributed by atoms with van der Waals surface area (Å²) < 4.78 is 28.8. The number of benzene rings is 3. The van der Waals surface area contributed by atoms with Crippen molar-refractivity contribution in [2.75, 3.05) is 20.0 Å². The molecule has 0 radical (unpaired) electrons. The van der Waals surface area contributed by atoms with Crippen molar-refractivity contribution in [3.63, 3.8) is 0 Å². The van der Waals surface area contributed by atoms with Crippen molar-refractivity contribution in [1.29, 1.82) is 0 Å². The first-order chi connectivity index (χ1) is 18.6. The molecule has 38 heavy (non-hydrogen) atoms. The number of ether oxygens (including phenoxy) is 4. The average Bonchev–Trinajstić information content (AvgIpc) is 3.51. The van der Waals surface area contributed by atoms with Crippen molar-refractivity contribution < 1.29 is 28.2 Å². The summed E-state index contributed by atoms with van der Waals surface area (Å²) in [7, 11) is 0. The topological polar surface area (TPSA) is 87.4 Å². The molecule has 1 amide bonds. The summed E-state index contributed by atoms with van der Waals surface area (Å²) in [6, 6.07) is 17.4. The van der Waals surface area contributed by atoms with Gasteiger partial charge in [0, 0.05) is 6.54 Å². The van der Waals surface area contributed by atoms with Crippen LogP contribution in [0.1, 0.15) is 53.6 Å². The summed E-state index contributed by atoms with van der Waals surface area (Å²) in [5, 5.41) is 0.432. The van der Waals surface area contributed by atoms with E-state index in [9.17, 15) is 9.59 Å². The molecule has 0 saturated carbocycles. The first-order valence-corrected chi connectivity index (χ1v) is 12.7. The highest BCUT2D eigenvalue weighted by Crippen LogP contribution is 2.42. The van der Waals surface area contributed by atoms with Gasteiger partial charge in [0.05, 0.1) is 30.2 Å². The Bertz CT molecular complexity index is 1590. The lowest BCUT2D eigenvalue weighted by atomic mass is 9.97. The van der Waals surface area contributed by atoms with Gasteiger partial charge in [-0.2, -0.15) is 0 Å². The van der Waals surface area contributed by atoms with Gasteiger partial charge in [-0.1, -0.05) is 31.2 Å². The Labute approximate surface area is 219 Å². The quantitative estimate of drug-likeness (QED) is 0.309. The van der Waals surface area contributed by atoms with Crippen LogP contribution in [-0.4, -0.2) is 30.8 Å². The summed E-state index contributed by atoms with van der Waals surface area (Å²) in [5.74, 6) is 2.17. The van der Waals surface area contributed by atoms with Crippen molar-refractivity contribution in [3.05, 3.63) is 93.3 Å². The van der Waals surface area contributed by atoms with E-state index in [1.54, 1.807) is 29.2 Å². The number of amides is 1. The first-order valence-electron chi connectivity index (χ1n) is 12.7. The fraction of sp³-hybridized carbons (Fsp3) is 0.267. The van der Waals surface area contributed by atoms with E-state index < -0.39 is 6.04 Å². The highest BCUT2D eigenvalue weighted by atomic mass is 16.7. The number of carbonyl (C=O) groups is 1. The number of hydrogen-bond acceptors (Lipinski definition) is 7. The van der Waals surface area contributed by atoms with Gasteiger partial charge >= 0.3 is 0 Å². The molecule has 2 aliphatic heterocycles. The third kappa shape index (κ3) is 4.02. The Balaban J connectivity index is 1.49. The van der Waals surface area contributed by atoms with Gasteiger partial charge in [-0.3, -0.25) is 9.59 Å². The van der Waals surface area contributed by atoms with Gasteiger partial charge in [0.2, 0.25) is 12.6 Å². The lowest BCUT2D eigenvalue weighted by Gasteiger charge is -2.26. The standard InChI is InChI=1S/C30H27NO7/c1-3-13-35-22-12-10-19(15-25(22)34-4-2)27-26-28(32)20-7-5-6-8-21(20)38-29(26)30(33)31(27)16-18-9-11-23-24(14-18)37-17-36-23/h5-12,14-15,27H,3-4,13,16-17H2,1-2H3/t27-/m0/s1. The Morgan fingerprint density at radius 2 is 1.76 bits per heavy atom. The van der Waals surface area contributed by atoms with Gasteiger partial charge in [-0.15, -0.1) is 0 Å². The predicted molar refractivity (Wildman–Crippen MR) is 140 cm³/mol. The highest BCUT2D eigenvalue weighted by molar-refractivity contribution is 5.99. The number of fused-ring (bicyclic) bond motifs is 3. The molecular formula is C30H27NO7. The summed E-state index contributed by atoms with van der Waals surface area (Å²) in [4.78, 5) is 29.3. The number of rotatable bonds is 8. The third-order valence-electron chi connectivity index (χ3n) is 6.71. The number of carbonyl (C=O) groups excluding carboxylic acids is 1. The van der Waals surface area contributed by atoms with Crippen molar-refractivity contribution in [1.82, 2.24) is 4.90 Å². The minimum atomic E-state index is -0.678. The Morgan fingerprint density at radius 1 is 0.921 bits per heavy atom. The molecule has 3 aromatic carbocycles. The van der Waals surface area contributed by atoms with Crippen LogP contribution in [0.3, 0.4) is 0 Å². The van der Waals surface area contributed by atoms with Crippen LogP contribution in [0.15, 0.2) is 69.9 Å². The first kappa shape index (κ1) is 23.9. The van der Waals surface area contributed by atoms with Crippen LogP contribution >= 0.6 is 0 Å². The second-order valence-corrected chi connectivity index (χ2v) is 9.18. The molecule has 0 saturated heterocycles. The molecule has 0 unspecified atom stereocenters. The largest absolute Gasteiger partial charge is 0.490 e. The van der Waals surface area contributed by atoms with Crippen molar-refractivity contribution in [2.24, 2.45) is 0 Å². The maximum absolute atomic E-state index is 13.8. The lowest BCUT2D eigenvalue weighted by Crippen LogP contribution is -2.29. The molecule has 194 valence electrons. The van der Waals surface area contributed by atoms with Gasteiger partial charge in [0.1, 0.15) is 5.58 Å². The van der Waals surface area contributed by atoms with Crippen molar-refractivity contribution in [2.45, 2.75) is 32.9 Å². The number of hydrogen-bond donors (Lipinski definition) is 0. The Morgan fingerprint density at radius 3 is 2.61 bits per heavy atom. The van der Waals surface area contributed by atoms with Gasteiger partial charge in [-0.25, -0.2) is 0 Å². The minimum absolute atomic E-state index is 0.0590. The highest BCUT2D eigenvalue weighted by Gasteiger charge is 2.43. The molecule has 3 heterocycles. The zero-order chi connectivity index (χ0) is 26.2. The second kappa shape index (κ2) is 9.78. The molecule has 4 aromatic rings. The van der Waals surface area contributed by atoms with Gasteiger partial charge in [0.25, 0.3) is 5.91 Å². The van der Waals surface area contributed by atoms with E-state index in [1.807, 2.05) is 50.2 Å². The van der Waals surface area contributed by atoms with Crippen LogP contribution in [0.5, 0.6) is 23.0 Å². The second-order valence-electron chi connectivity index (χ2n) is 9.18. The van der Waals surface area contributed by atoms with Gasteiger partial charge in [0.15, 0.2) is 28.4 Å². The zero-order valence-corrected chi connectivity index (χ0v) is 21.2. The molecule has 1 aromatic heterocycles. The Hall–Kier alpha value is -4.46. The maximum Gasteiger partial charge on any atom is 0.291 e. The Kier molecular flexibility index (Phi) is 6.15. The molecule has 0 bridgehead atoms. The molecule has 2 aliphatic rings. The van der Waals surface area contributed by atoms with E-state index in [0.717, 1.165) is 17.5 Å². The van der Waals surface area contributed by atoms with Crippen molar-refractivity contribution >= 4 is 16.9 Å². The fourth-order valence-corrected chi connectivity index (χ4v) is 5.01. The number of para-hydroxylation sites is 1. The molecular weight excluding hydrogens is 486 g/mol. The molecule has 0 fully saturated rings. The summed E-state index contributed by atoms with van der Waals surface area (Å²) in [6.07, 6.45) is 0.856. The van der Waals surface area contributed by atoms with E-state index in [4.69, 9.17) is 23.4 Å². The third-order valence-corrected chi connectivity index (χ3v) is 6.71. The smallest absolute Gasteiger partial charge is 0.291 e. The number of nitrogens with zero attached hydrogens (tertiary/aromatic N) is 1. The summed E-state index contributed by atoms with van der Waals surface area (Å²) in [6.45, 7) is 5.33. The van der Waals surface area contributed by atoms with Gasteiger partial charge in [-0.05, 0) is 60.9 Å². The molecule has 0 aliphatic carbocycles. The predicted octanol–water partition coefficient (Wildman–Crippen LogP) is 5.45. The van der Waals surface area contributed by atoms with E-state index in [-0.39, 0.29) is 30.4 Å². The van der Waals surface area contributed by atoms with Crippen LogP contribution in [0.4, 0.5) is 0 Å². The van der Waals surface area contributed by atoms with E-state index in [2.05, 4.69) is 0 Å².